The normalized spacial score (nSPS) is 13.1. The second-order valence-corrected chi connectivity index (χ2v) is 6.87. The van der Waals surface area contributed by atoms with Crippen molar-refractivity contribution in [3.63, 3.8) is 0 Å². The number of aliphatic hydroxyl groups is 1. The summed E-state index contributed by atoms with van der Waals surface area (Å²) in [5.41, 5.74) is 0.670. The molecule has 1 atom stereocenters. The maximum atomic E-state index is 12.3. The Hall–Kier alpha value is -1.11. The number of hydrogen-bond acceptors (Lipinski definition) is 3. The van der Waals surface area contributed by atoms with Crippen LogP contribution in [-0.4, -0.2) is 20.1 Å². The van der Waals surface area contributed by atoms with Gasteiger partial charge in [-0.3, -0.25) is 0 Å². The lowest BCUT2D eigenvalue weighted by Crippen LogP contribution is -2.30. The van der Waals surface area contributed by atoms with Gasteiger partial charge in [0.15, 0.2) is 0 Å². The van der Waals surface area contributed by atoms with E-state index in [1.54, 1.807) is 24.3 Å². The highest BCUT2D eigenvalue weighted by Crippen LogP contribution is 2.25. The standard InChI is InChI=1S/C14H13Cl2NO3S/c15-12-7-6-11(8-13(12)16)21(19,20)17-14(9-18)10-4-2-1-3-5-10/h1-8,14,17-18H,9H2/t14-/m0/s1. The zero-order valence-electron chi connectivity index (χ0n) is 10.8. The summed E-state index contributed by atoms with van der Waals surface area (Å²) in [7, 11) is -3.81. The maximum absolute atomic E-state index is 12.3. The van der Waals surface area contributed by atoms with E-state index in [1.165, 1.54) is 18.2 Å². The van der Waals surface area contributed by atoms with Crippen molar-refractivity contribution in [2.75, 3.05) is 6.61 Å². The van der Waals surface area contributed by atoms with Crippen molar-refractivity contribution in [3.05, 3.63) is 64.1 Å². The Bertz CT molecular complexity index is 720. The molecule has 0 heterocycles. The summed E-state index contributed by atoms with van der Waals surface area (Å²) in [5.74, 6) is 0. The summed E-state index contributed by atoms with van der Waals surface area (Å²) < 4.78 is 27.1. The topological polar surface area (TPSA) is 66.4 Å². The van der Waals surface area contributed by atoms with Crippen molar-refractivity contribution in [1.82, 2.24) is 4.72 Å². The molecule has 0 aromatic heterocycles. The number of aliphatic hydroxyl groups excluding tert-OH is 1. The lowest BCUT2D eigenvalue weighted by atomic mass is 10.1. The predicted molar refractivity (Wildman–Crippen MR) is 83.1 cm³/mol. The number of nitrogens with one attached hydrogen (secondary N) is 1. The molecule has 2 rings (SSSR count). The van der Waals surface area contributed by atoms with Crippen LogP contribution in [-0.2, 0) is 10.0 Å². The first-order chi connectivity index (χ1) is 9.94. The smallest absolute Gasteiger partial charge is 0.241 e. The lowest BCUT2D eigenvalue weighted by Gasteiger charge is -2.17. The lowest BCUT2D eigenvalue weighted by molar-refractivity contribution is 0.259. The number of benzene rings is 2. The van der Waals surface area contributed by atoms with E-state index >= 15 is 0 Å². The molecule has 0 aliphatic carbocycles. The van der Waals surface area contributed by atoms with Crippen LogP contribution in [0.4, 0.5) is 0 Å². The first-order valence-electron chi connectivity index (χ1n) is 6.07. The zero-order valence-corrected chi connectivity index (χ0v) is 13.2. The predicted octanol–water partition coefficient (Wildman–Crippen LogP) is 3.01. The van der Waals surface area contributed by atoms with Crippen molar-refractivity contribution in [2.45, 2.75) is 10.9 Å². The fourth-order valence-corrected chi connectivity index (χ4v) is 3.40. The molecule has 0 aliphatic heterocycles. The van der Waals surface area contributed by atoms with Crippen molar-refractivity contribution in [1.29, 1.82) is 0 Å². The molecule has 0 radical (unpaired) electrons. The van der Waals surface area contributed by atoms with Gasteiger partial charge in [0, 0.05) is 0 Å². The third-order valence-electron chi connectivity index (χ3n) is 2.88. The van der Waals surface area contributed by atoms with Crippen LogP contribution in [0.5, 0.6) is 0 Å². The minimum absolute atomic E-state index is 0.00807. The molecule has 2 aromatic rings. The highest BCUT2D eigenvalue weighted by Gasteiger charge is 2.21. The summed E-state index contributed by atoms with van der Waals surface area (Å²) in [5, 5.41) is 9.84. The number of hydrogen-bond donors (Lipinski definition) is 2. The third kappa shape index (κ3) is 3.96. The van der Waals surface area contributed by atoms with Gasteiger partial charge in [-0.15, -0.1) is 0 Å². The van der Waals surface area contributed by atoms with E-state index in [-0.39, 0.29) is 21.5 Å². The Morgan fingerprint density at radius 2 is 1.71 bits per heavy atom. The van der Waals surface area contributed by atoms with Crippen LogP contribution in [0.1, 0.15) is 11.6 Å². The molecule has 0 spiro atoms. The molecule has 112 valence electrons. The Balaban J connectivity index is 2.29. The minimum atomic E-state index is -3.81. The van der Waals surface area contributed by atoms with Crippen LogP contribution in [0.3, 0.4) is 0 Å². The molecule has 0 amide bonds. The van der Waals surface area contributed by atoms with E-state index in [1.807, 2.05) is 6.07 Å². The average Bonchev–Trinajstić information content (AvgIpc) is 2.48. The van der Waals surface area contributed by atoms with Crippen LogP contribution in [0.15, 0.2) is 53.4 Å². The third-order valence-corrected chi connectivity index (χ3v) is 5.09. The van der Waals surface area contributed by atoms with Gasteiger partial charge in [-0.1, -0.05) is 53.5 Å². The van der Waals surface area contributed by atoms with Gasteiger partial charge < -0.3 is 5.11 Å². The summed E-state index contributed by atoms with van der Waals surface area (Å²) >= 11 is 11.6. The van der Waals surface area contributed by atoms with Crippen molar-refractivity contribution < 1.29 is 13.5 Å². The molecule has 0 aliphatic rings. The Kier molecular flexibility index (Phi) is 5.24. The van der Waals surface area contributed by atoms with Gasteiger partial charge >= 0.3 is 0 Å². The second kappa shape index (κ2) is 6.77. The fourth-order valence-electron chi connectivity index (χ4n) is 1.80. The molecule has 2 aromatic carbocycles. The van der Waals surface area contributed by atoms with E-state index in [4.69, 9.17) is 23.2 Å². The first-order valence-corrected chi connectivity index (χ1v) is 8.31. The zero-order chi connectivity index (χ0) is 15.5. The van der Waals surface area contributed by atoms with Gasteiger partial charge in [-0.05, 0) is 23.8 Å². The van der Waals surface area contributed by atoms with Crippen LogP contribution in [0, 0.1) is 0 Å². The van der Waals surface area contributed by atoms with E-state index in [9.17, 15) is 13.5 Å². The van der Waals surface area contributed by atoms with Crippen LogP contribution >= 0.6 is 23.2 Å². The van der Waals surface area contributed by atoms with Gasteiger partial charge in [0.25, 0.3) is 0 Å². The van der Waals surface area contributed by atoms with Gasteiger partial charge in [-0.2, -0.15) is 0 Å². The van der Waals surface area contributed by atoms with E-state index in [0.717, 1.165) is 0 Å². The average molecular weight is 346 g/mol. The monoisotopic (exact) mass is 345 g/mol. The molecule has 0 unspecified atom stereocenters. The van der Waals surface area contributed by atoms with Crippen LogP contribution in [0.25, 0.3) is 0 Å². The molecule has 7 heteroatoms. The van der Waals surface area contributed by atoms with Crippen LogP contribution in [0.2, 0.25) is 10.0 Å². The molecule has 0 bridgehead atoms. The second-order valence-electron chi connectivity index (χ2n) is 4.34. The summed E-state index contributed by atoms with van der Waals surface area (Å²) in [4.78, 5) is -0.00807. The molecule has 4 nitrogen and oxygen atoms in total. The van der Waals surface area contributed by atoms with Crippen molar-refractivity contribution >= 4 is 33.2 Å². The molecular weight excluding hydrogens is 333 g/mol. The fraction of sp³-hybridized carbons (Fsp3) is 0.143. The SMILES string of the molecule is O=S(=O)(N[C@@H](CO)c1ccccc1)c1ccc(Cl)c(Cl)c1. The number of halogens is 2. The molecule has 2 N–H and O–H groups in total. The van der Waals surface area contributed by atoms with Crippen molar-refractivity contribution in [3.8, 4) is 0 Å². The van der Waals surface area contributed by atoms with E-state index in [2.05, 4.69) is 4.72 Å². The summed E-state index contributed by atoms with van der Waals surface area (Å²) in [6, 6.07) is 12.1. The van der Waals surface area contributed by atoms with Gasteiger partial charge in [-0.25, -0.2) is 13.1 Å². The van der Waals surface area contributed by atoms with E-state index < -0.39 is 16.1 Å². The minimum Gasteiger partial charge on any atom is -0.394 e. The maximum Gasteiger partial charge on any atom is 0.241 e. The van der Waals surface area contributed by atoms with Crippen molar-refractivity contribution in [2.24, 2.45) is 0 Å². The Morgan fingerprint density at radius 1 is 1.05 bits per heavy atom. The molecule has 0 fully saturated rings. The summed E-state index contributed by atoms with van der Waals surface area (Å²) in [6.45, 7) is -0.357. The first kappa shape index (κ1) is 16.3. The van der Waals surface area contributed by atoms with Gasteiger partial charge in [0.05, 0.1) is 27.6 Å². The summed E-state index contributed by atoms with van der Waals surface area (Å²) in [6.07, 6.45) is 0. The Labute approximate surface area is 133 Å². The quantitative estimate of drug-likeness (QED) is 0.875. The highest BCUT2D eigenvalue weighted by molar-refractivity contribution is 7.89. The number of rotatable bonds is 5. The largest absolute Gasteiger partial charge is 0.394 e. The number of sulfonamides is 1. The van der Waals surface area contributed by atoms with Gasteiger partial charge in [0.2, 0.25) is 10.0 Å². The van der Waals surface area contributed by atoms with E-state index in [0.29, 0.717) is 5.56 Å². The molecular formula is C14H13Cl2NO3S. The van der Waals surface area contributed by atoms with Crippen LogP contribution < -0.4 is 4.72 Å². The molecule has 21 heavy (non-hydrogen) atoms. The Morgan fingerprint density at radius 3 is 2.29 bits per heavy atom. The highest BCUT2D eigenvalue weighted by atomic mass is 35.5. The van der Waals surface area contributed by atoms with Gasteiger partial charge in [0.1, 0.15) is 0 Å². The molecule has 0 saturated heterocycles. The molecule has 0 saturated carbocycles.